The van der Waals surface area contributed by atoms with Crippen molar-refractivity contribution in [3.05, 3.63) is 34.3 Å². The number of nitrogens with zero attached hydrogens (tertiary/aromatic N) is 2. The lowest BCUT2D eigenvalue weighted by Crippen LogP contribution is -2.12. The van der Waals surface area contributed by atoms with Gasteiger partial charge in [-0.3, -0.25) is 0 Å². The molecule has 0 heterocycles. The van der Waals surface area contributed by atoms with Gasteiger partial charge >= 0.3 is 0 Å². The lowest BCUT2D eigenvalue weighted by molar-refractivity contribution is 0.400. The third-order valence-electron chi connectivity index (χ3n) is 2.09. The molecular formula is C12H12BrClN2O. The van der Waals surface area contributed by atoms with Crippen molar-refractivity contribution in [2.24, 2.45) is 4.99 Å². The zero-order valence-electron chi connectivity index (χ0n) is 9.36. The van der Waals surface area contributed by atoms with E-state index in [2.05, 4.69) is 27.0 Å². The van der Waals surface area contributed by atoms with Crippen molar-refractivity contribution in [1.82, 2.24) is 0 Å². The number of benzene rings is 1. The quantitative estimate of drug-likeness (QED) is 0.486. The van der Waals surface area contributed by atoms with Crippen LogP contribution in [0.3, 0.4) is 0 Å². The molecular weight excluding hydrogens is 304 g/mol. The topological polar surface area (TPSA) is 45.4 Å². The summed E-state index contributed by atoms with van der Waals surface area (Å²) in [6, 6.07) is 9.42. The summed E-state index contributed by atoms with van der Waals surface area (Å²) in [5.41, 5.74) is 0.865. The van der Waals surface area contributed by atoms with E-state index in [4.69, 9.17) is 21.6 Å². The van der Waals surface area contributed by atoms with Gasteiger partial charge in [0.2, 0.25) is 5.90 Å². The normalized spacial score (nSPS) is 12.9. The molecule has 17 heavy (non-hydrogen) atoms. The molecule has 0 fully saturated rings. The van der Waals surface area contributed by atoms with Crippen LogP contribution in [-0.2, 0) is 4.74 Å². The fraction of sp³-hybridized carbons (Fsp3) is 0.333. The van der Waals surface area contributed by atoms with Gasteiger partial charge in [0.25, 0.3) is 0 Å². The maximum Gasteiger partial charge on any atom is 0.216 e. The van der Waals surface area contributed by atoms with E-state index in [-0.39, 0.29) is 12.5 Å². The van der Waals surface area contributed by atoms with Crippen molar-refractivity contribution in [1.29, 1.82) is 5.26 Å². The minimum atomic E-state index is -0.236. The van der Waals surface area contributed by atoms with Crippen molar-refractivity contribution in [3.63, 3.8) is 0 Å². The van der Waals surface area contributed by atoms with Gasteiger partial charge in [0.15, 0.2) is 0 Å². The van der Waals surface area contributed by atoms with E-state index in [0.29, 0.717) is 11.8 Å². The highest BCUT2D eigenvalue weighted by Crippen LogP contribution is 2.13. The molecule has 3 nitrogen and oxygen atoms in total. The fourth-order valence-electron chi connectivity index (χ4n) is 1.24. The Balaban J connectivity index is 2.94. The largest absolute Gasteiger partial charge is 0.481 e. The first-order valence-electron chi connectivity index (χ1n) is 5.02. The number of ether oxygens (including phenoxy) is 1. The molecule has 0 aliphatic rings. The maximum absolute atomic E-state index is 8.64. The lowest BCUT2D eigenvalue weighted by atomic mass is 10.2. The summed E-state index contributed by atoms with van der Waals surface area (Å²) in [6.07, 6.45) is 0.285. The summed E-state index contributed by atoms with van der Waals surface area (Å²) in [5, 5.41) is 8.64. The summed E-state index contributed by atoms with van der Waals surface area (Å²) in [4.78, 5) is 4.33. The lowest BCUT2D eigenvalue weighted by Gasteiger charge is -2.09. The maximum atomic E-state index is 8.64. The summed E-state index contributed by atoms with van der Waals surface area (Å²) >= 11 is 9.10. The van der Waals surface area contributed by atoms with Gasteiger partial charge in [-0.15, -0.1) is 11.6 Å². The molecule has 0 spiro atoms. The van der Waals surface area contributed by atoms with Crippen LogP contribution in [-0.4, -0.2) is 24.9 Å². The molecule has 0 radical (unpaired) electrons. The minimum absolute atomic E-state index is 0.236. The Morgan fingerprint density at radius 1 is 1.53 bits per heavy atom. The zero-order chi connectivity index (χ0) is 12.7. The molecule has 0 aliphatic heterocycles. The highest BCUT2D eigenvalue weighted by molar-refractivity contribution is 9.10. The Morgan fingerprint density at radius 3 is 2.65 bits per heavy atom. The van der Waals surface area contributed by atoms with Crippen molar-refractivity contribution in [2.75, 3.05) is 13.0 Å². The second-order valence-corrected chi connectivity index (χ2v) is 4.54. The molecule has 0 aliphatic carbocycles. The van der Waals surface area contributed by atoms with Crippen LogP contribution in [0.4, 0.5) is 0 Å². The van der Waals surface area contributed by atoms with Crippen LogP contribution in [0.25, 0.3) is 0 Å². The van der Waals surface area contributed by atoms with Crippen LogP contribution in [0.5, 0.6) is 0 Å². The molecule has 0 bridgehead atoms. The number of hydrogen-bond donors (Lipinski definition) is 0. The van der Waals surface area contributed by atoms with Crippen LogP contribution < -0.4 is 0 Å². The minimum Gasteiger partial charge on any atom is -0.481 e. The molecule has 1 unspecified atom stereocenters. The molecule has 1 atom stereocenters. The van der Waals surface area contributed by atoms with E-state index in [0.717, 1.165) is 10.0 Å². The Kier molecular flexibility index (Phi) is 6.03. The van der Waals surface area contributed by atoms with E-state index in [1.54, 1.807) is 7.11 Å². The Hall–Kier alpha value is -1.05. The Morgan fingerprint density at radius 2 is 2.18 bits per heavy atom. The molecule has 1 aromatic carbocycles. The number of nitriles is 1. The van der Waals surface area contributed by atoms with Crippen LogP contribution in [0.15, 0.2) is 33.7 Å². The van der Waals surface area contributed by atoms with Gasteiger partial charge in [-0.25, -0.2) is 4.99 Å². The van der Waals surface area contributed by atoms with Gasteiger partial charge in [0.05, 0.1) is 25.6 Å². The van der Waals surface area contributed by atoms with E-state index >= 15 is 0 Å². The second-order valence-electron chi connectivity index (χ2n) is 3.32. The number of alkyl halides is 1. The van der Waals surface area contributed by atoms with Crippen molar-refractivity contribution in [2.45, 2.75) is 12.5 Å². The van der Waals surface area contributed by atoms with Crippen LogP contribution in [0.2, 0.25) is 0 Å². The number of rotatable bonds is 4. The number of methoxy groups -OCH3 is 1. The molecule has 0 amide bonds. The Labute approximate surface area is 114 Å². The first-order valence-corrected chi connectivity index (χ1v) is 6.34. The van der Waals surface area contributed by atoms with Gasteiger partial charge in [0.1, 0.15) is 0 Å². The third kappa shape index (κ3) is 4.37. The van der Waals surface area contributed by atoms with Crippen molar-refractivity contribution < 1.29 is 4.74 Å². The predicted octanol–water partition coefficient (Wildman–Crippen LogP) is 3.36. The standard InChI is InChI=1S/C12H12BrClN2O/c1-17-12(16-11(8-14)6-7-15)9-2-4-10(13)5-3-9/h2-5,11H,6,8H2,1H3. The fourth-order valence-corrected chi connectivity index (χ4v) is 1.69. The highest BCUT2D eigenvalue weighted by atomic mass is 79.9. The van der Waals surface area contributed by atoms with Crippen LogP contribution >= 0.6 is 27.5 Å². The van der Waals surface area contributed by atoms with E-state index in [1.807, 2.05) is 24.3 Å². The molecule has 90 valence electrons. The average molecular weight is 316 g/mol. The number of hydrogen-bond acceptors (Lipinski definition) is 3. The van der Waals surface area contributed by atoms with E-state index < -0.39 is 0 Å². The number of aliphatic imine (C=N–C) groups is 1. The molecule has 0 saturated carbocycles. The summed E-state index contributed by atoms with van der Waals surface area (Å²) < 4.78 is 6.21. The van der Waals surface area contributed by atoms with E-state index in [9.17, 15) is 0 Å². The van der Waals surface area contributed by atoms with Gasteiger partial charge in [-0.1, -0.05) is 15.9 Å². The number of halogens is 2. The van der Waals surface area contributed by atoms with Crippen LogP contribution in [0, 0.1) is 11.3 Å². The second kappa shape index (κ2) is 7.31. The van der Waals surface area contributed by atoms with Gasteiger partial charge in [-0.05, 0) is 24.3 Å². The molecule has 0 N–H and O–H groups in total. The third-order valence-corrected chi connectivity index (χ3v) is 2.97. The van der Waals surface area contributed by atoms with Crippen LogP contribution in [0.1, 0.15) is 12.0 Å². The SMILES string of the molecule is COC(=NC(CCl)CC#N)c1ccc(Br)cc1. The highest BCUT2D eigenvalue weighted by Gasteiger charge is 2.09. The van der Waals surface area contributed by atoms with Gasteiger partial charge in [0, 0.05) is 15.9 Å². The summed E-state index contributed by atoms with van der Waals surface area (Å²) in [7, 11) is 1.55. The summed E-state index contributed by atoms with van der Waals surface area (Å²) in [5.74, 6) is 0.801. The van der Waals surface area contributed by atoms with E-state index in [1.165, 1.54) is 0 Å². The monoisotopic (exact) mass is 314 g/mol. The summed E-state index contributed by atoms with van der Waals surface area (Å²) in [6.45, 7) is 0. The molecule has 0 aromatic heterocycles. The smallest absolute Gasteiger partial charge is 0.216 e. The molecule has 0 saturated heterocycles. The van der Waals surface area contributed by atoms with Gasteiger partial charge in [-0.2, -0.15) is 5.26 Å². The zero-order valence-corrected chi connectivity index (χ0v) is 11.7. The first kappa shape index (κ1) is 14.0. The molecule has 1 rings (SSSR count). The average Bonchev–Trinajstić information content (AvgIpc) is 2.36. The Bertz CT molecular complexity index is 425. The predicted molar refractivity (Wildman–Crippen MR) is 72.4 cm³/mol. The van der Waals surface area contributed by atoms with Crippen molar-refractivity contribution in [3.8, 4) is 6.07 Å². The first-order chi connectivity index (χ1) is 8.21. The molecule has 1 aromatic rings. The van der Waals surface area contributed by atoms with Crippen molar-refractivity contribution >= 4 is 33.4 Å². The molecule has 5 heteroatoms. The van der Waals surface area contributed by atoms with Gasteiger partial charge < -0.3 is 4.74 Å².